The summed E-state index contributed by atoms with van der Waals surface area (Å²) in [6.07, 6.45) is 6.48. The third-order valence-electron chi connectivity index (χ3n) is 3.79. The lowest BCUT2D eigenvalue weighted by Crippen LogP contribution is -2.53. The first-order chi connectivity index (χ1) is 9.07. The van der Waals surface area contributed by atoms with Crippen molar-refractivity contribution < 1.29 is 0 Å². The number of nitrogens with zero attached hydrogens (tertiary/aromatic N) is 2. The second-order valence-electron chi connectivity index (χ2n) is 5.73. The summed E-state index contributed by atoms with van der Waals surface area (Å²) < 4.78 is 1.64. The first-order valence-corrected chi connectivity index (χ1v) is 6.37. The maximum atomic E-state index is 12.4. The fourth-order valence-electron chi connectivity index (χ4n) is 2.81. The number of allylic oxidation sites excluding steroid dienone is 1. The molecule has 0 spiro atoms. The van der Waals surface area contributed by atoms with E-state index in [1.165, 1.54) is 0 Å². The summed E-state index contributed by atoms with van der Waals surface area (Å²) in [5.41, 5.74) is 1.85. The lowest BCUT2D eigenvalue weighted by Gasteiger charge is -2.16. The van der Waals surface area contributed by atoms with Gasteiger partial charge in [0.2, 0.25) is 5.56 Å². The first kappa shape index (κ1) is 10.8. The molecule has 0 amide bonds. The SMILES string of the molecule is CC1(C)C=Cc2cccc3c(=O)n4c(c(c23)=C1)=N[B]4. The second-order valence-corrected chi connectivity index (χ2v) is 5.73. The molecule has 19 heavy (non-hydrogen) atoms. The zero-order valence-electron chi connectivity index (χ0n) is 10.8. The van der Waals surface area contributed by atoms with Crippen molar-refractivity contribution in [1.29, 1.82) is 0 Å². The van der Waals surface area contributed by atoms with Crippen molar-refractivity contribution >= 4 is 30.5 Å². The molecule has 0 saturated carbocycles. The van der Waals surface area contributed by atoms with E-state index in [0.717, 1.165) is 27.0 Å². The molecular formula is C15H12BN2O. The summed E-state index contributed by atoms with van der Waals surface area (Å²) in [4.78, 5) is 16.6. The minimum Gasteiger partial charge on any atom is -0.319 e. The molecule has 4 rings (SSSR count). The Bertz CT molecular complexity index is 935. The zero-order valence-corrected chi connectivity index (χ0v) is 10.8. The van der Waals surface area contributed by atoms with E-state index in [4.69, 9.17) is 0 Å². The normalized spacial score (nSPS) is 17.6. The van der Waals surface area contributed by atoms with Crippen LogP contribution >= 0.6 is 0 Å². The van der Waals surface area contributed by atoms with E-state index < -0.39 is 0 Å². The number of hydrogen-bond donors (Lipinski definition) is 0. The average Bonchev–Trinajstić information content (AvgIpc) is 2.44. The number of fused-ring (bicyclic) bond motifs is 2. The van der Waals surface area contributed by atoms with Crippen LogP contribution in [0.5, 0.6) is 0 Å². The van der Waals surface area contributed by atoms with Gasteiger partial charge < -0.3 is 9.38 Å². The molecule has 0 unspecified atom stereocenters. The third kappa shape index (κ3) is 1.34. The standard InChI is InChI=1S/C15H12BN2O/c1-15(2)7-6-9-4-3-5-10-12(9)11(8-15)13-17-16-18(13)14(10)19/h3-8H,1-2H3. The number of pyridine rings is 1. The largest absolute Gasteiger partial charge is 0.421 e. The Morgan fingerprint density at radius 1 is 1.32 bits per heavy atom. The molecule has 4 heteroatoms. The second kappa shape index (κ2) is 3.26. The summed E-state index contributed by atoms with van der Waals surface area (Å²) >= 11 is 0. The van der Waals surface area contributed by atoms with Gasteiger partial charge in [0.25, 0.3) is 0 Å². The summed E-state index contributed by atoms with van der Waals surface area (Å²) in [7, 11) is 1.60. The molecule has 2 heterocycles. The molecule has 91 valence electrons. The van der Waals surface area contributed by atoms with Crippen LogP contribution in [0.3, 0.4) is 0 Å². The highest BCUT2D eigenvalue weighted by atomic mass is 16.1. The summed E-state index contributed by atoms with van der Waals surface area (Å²) in [5, 5.41) is 2.86. The van der Waals surface area contributed by atoms with E-state index in [9.17, 15) is 4.79 Å². The molecule has 0 N–H and O–H groups in total. The van der Waals surface area contributed by atoms with E-state index in [2.05, 4.69) is 43.0 Å². The first-order valence-electron chi connectivity index (χ1n) is 6.37. The molecule has 3 nitrogen and oxygen atoms in total. The van der Waals surface area contributed by atoms with Gasteiger partial charge in [0.15, 0.2) is 0 Å². The molecule has 1 aromatic heterocycles. The Balaban J connectivity index is 2.40. The molecule has 2 aliphatic rings. The third-order valence-corrected chi connectivity index (χ3v) is 3.79. The van der Waals surface area contributed by atoms with Crippen LogP contribution in [-0.4, -0.2) is 12.0 Å². The fraction of sp³-hybridized carbons (Fsp3) is 0.200. The Labute approximate surface area is 110 Å². The number of hydrogen-bond acceptors (Lipinski definition) is 2. The van der Waals surface area contributed by atoms with Crippen LogP contribution < -0.4 is 16.3 Å². The topological polar surface area (TPSA) is 34.4 Å². The molecule has 0 fully saturated rings. The smallest absolute Gasteiger partial charge is 0.319 e. The van der Waals surface area contributed by atoms with E-state index >= 15 is 0 Å². The van der Waals surface area contributed by atoms with Gasteiger partial charge in [0.1, 0.15) is 5.49 Å². The number of aromatic nitrogens is 1. The molecule has 2 aromatic rings. The molecule has 1 radical (unpaired) electrons. The summed E-state index contributed by atoms with van der Waals surface area (Å²) in [6.45, 7) is 4.32. The highest BCUT2D eigenvalue weighted by Crippen LogP contribution is 2.25. The summed E-state index contributed by atoms with van der Waals surface area (Å²) in [5.74, 6) is 0. The van der Waals surface area contributed by atoms with Crippen LogP contribution in [0.2, 0.25) is 0 Å². The molecule has 1 aliphatic carbocycles. The molecule has 0 saturated heterocycles. The molecule has 0 atom stereocenters. The van der Waals surface area contributed by atoms with Crippen LogP contribution in [0.25, 0.3) is 22.9 Å². The monoisotopic (exact) mass is 247 g/mol. The van der Waals surface area contributed by atoms with Gasteiger partial charge in [-0.3, -0.25) is 4.79 Å². The number of rotatable bonds is 0. The lowest BCUT2D eigenvalue weighted by molar-refractivity contribution is 0.673. The van der Waals surface area contributed by atoms with E-state index in [1.807, 2.05) is 12.1 Å². The van der Waals surface area contributed by atoms with Gasteiger partial charge in [0, 0.05) is 21.4 Å². The van der Waals surface area contributed by atoms with Crippen molar-refractivity contribution in [2.45, 2.75) is 13.8 Å². The van der Waals surface area contributed by atoms with Crippen LogP contribution in [-0.2, 0) is 0 Å². The van der Waals surface area contributed by atoms with Crippen molar-refractivity contribution in [3.05, 3.63) is 50.9 Å². The van der Waals surface area contributed by atoms with Gasteiger partial charge >= 0.3 is 7.55 Å². The van der Waals surface area contributed by atoms with E-state index in [-0.39, 0.29) is 11.0 Å². The molecule has 1 aromatic carbocycles. The Morgan fingerprint density at radius 2 is 2.16 bits per heavy atom. The van der Waals surface area contributed by atoms with Gasteiger partial charge in [-0.25, -0.2) is 0 Å². The maximum Gasteiger partial charge on any atom is 0.421 e. The fourth-order valence-corrected chi connectivity index (χ4v) is 2.81. The van der Waals surface area contributed by atoms with Crippen LogP contribution in [0.4, 0.5) is 0 Å². The maximum absolute atomic E-state index is 12.4. The molecule has 0 bridgehead atoms. The lowest BCUT2D eigenvalue weighted by atomic mass is 9.92. The Morgan fingerprint density at radius 3 is 2.89 bits per heavy atom. The number of benzene rings is 1. The van der Waals surface area contributed by atoms with E-state index in [1.54, 1.807) is 12.0 Å². The van der Waals surface area contributed by atoms with Crippen molar-refractivity contribution in [3.63, 3.8) is 0 Å². The quantitative estimate of drug-likeness (QED) is 0.635. The van der Waals surface area contributed by atoms with Crippen LogP contribution in [0.1, 0.15) is 19.4 Å². The minimum absolute atomic E-state index is 0.0205. The van der Waals surface area contributed by atoms with Crippen LogP contribution in [0.15, 0.2) is 34.0 Å². The molecular weight excluding hydrogens is 235 g/mol. The van der Waals surface area contributed by atoms with Crippen molar-refractivity contribution in [2.24, 2.45) is 10.3 Å². The highest BCUT2D eigenvalue weighted by Gasteiger charge is 2.21. The predicted molar refractivity (Wildman–Crippen MR) is 77.4 cm³/mol. The van der Waals surface area contributed by atoms with Gasteiger partial charge in [-0.05, 0) is 11.6 Å². The zero-order chi connectivity index (χ0) is 13.2. The van der Waals surface area contributed by atoms with Crippen molar-refractivity contribution in [2.75, 3.05) is 0 Å². The molecule has 1 aliphatic heterocycles. The van der Waals surface area contributed by atoms with Gasteiger partial charge in [-0.1, -0.05) is 44.2 Å². The van der Waals surface area contributed by atoms with Gasteiger partial charge in [-0.2, -0.15) is 0 Å². The van der Waals surface area contributed by atoms with E-state index in [0.29, 0.717) is 0 Å². The Kier molecular flexibility index (Phi) is 1.85. The predicted octanol–water partition coefficient (Wildman–Crippen LogP) is 0.850. The van der Waals surface area contributed by atoms with Gasteiger partial charge in [0.05, 0.1) is 0 Å². The highest BCUT2D eigenvalue weighted by molar-refractivity contribution is 6.33. The van der Waals surface area contributed by atoms with Crippen molar-refractivity contribution in [3.8, 4) is 0 Å². The summed E-state index contributed by atoms with van der Waals surface area (Å²) in [6, 6.07) is 5.88. The van der Waals surface area contributed by atoms with Gasteiger partial charge in [-0.15, -0.1) is 0 Å². The minimum atomic E-state index is -0.0458. The van der Waals surface area contributed by atoms with Crippen LogP contribution in [0, 0.1) is 5.41 Å². The average molecular weight is 247 g/mol. The van der Waals surface area contributed by atoms with Crippen molar-refractivity contribution in [1.82, 2.24) is 4.48 Å². The Hall–Kier alpha value is -2.10.